The number of piperazine rings is 1. The normalized spacial score (nSPS) is 26.3. The van der Waals surface area contributed by atoms with Crippen LogP contribution in [-0.4, -0.2) is 80.5 Å². The molecule has 0 unspecified atom stereocenters. The molecule has 2 saturated heterocycles. The molecule has 2 heterocycles. The van der Waals surface area contributed by atoms with E-state index in [0.717, 1.165) is 32.7 Å². The van der Waals surface area contributed by atoms with Crippen LogP contribution in [0.15, 0.2) is 0 Å². The van der Waals surface area contributed by atoms with Crippen LogP contribution in [0.25, 0.3) is 0 Å². The Hall–Kier alpha value is -0.210. The number of hydrogen-bond donors (Lipinski definition) is 0. The second kappa shape index (κ2) is 7.87. The van der Waals surface area contributed by atoms with E-state index in [1.807, 2.05) is 13.8 Å². The monoisotopic (exact) mass is 319 g/mol. The summed E-state index contributed by atoms with van der Waals surface area (Å²) in [5.74, 6) is 0. The van der Waals surface area contributed by atoms with Crippen LogP contribution < -0.4 is 0 Å². The molecule has 2 aliphatic heterocycles. The Morgan fingerprint density at radius 3 is 2.29 bits per heavy atom. The second-order valence-corrected chi connectivity index (χ2v) is 7.71. The molecule has 0 aromatic rings. The Bertz CT molecular complexity index is 398. The zero-order valence-electron chi connectivity index (χ0n) is 13.3. The van der Waals surface area contributed by atoms with Crippen LogP contribution in [0.3, 0.4) is 0 Å². The molecule has 0 bridgehead atoms. The molecule has 6 nitrogen and oxygen atoms in total. The van der Waals surface area contributed by atoms with Crippen molar-refractivity contribution in [2.24, 2.45) is 0 Å². The lowest BCUT2D eigenvalue weighted by Gasteiger charge is -2.38. The quantitative estimate of drug-likeness (QED) is 0.725. The lowest BCUT2D eigenvalue weighted by Crippen LogP contribution is -2.54. The summed E-state index contributed by atoms with van der Waals surface area (Å²) in [7, 11) is -3.27. The molecule has 7 heteroatoms. The minimum absolute atomic E-state index is 0.338. The molecule has 21 heavy (non-hydrogen) atoms. The first-order chi connectivity index (χ1) is 10.1. The molecular weight excluding hydrogens is 290 g/mol. The van der Waals surface area contributed by atoms with Gasteiger partial charge in [0.2, 0.25) is 0 Å². The highest BCUT2D eigenvalue weighted by Gasteiger charge is 2.31. The van der Waals surface area contributed by atoms with Gasteiger partial charge in [0.15, 0.2) is 0 Å². The Morgan fingerprint density at radius 2 is 1.76 bits per heavy atom. The molecule has 0 N–H and O–H groups in total. The van der Waals surface area contributed by atoms with E-state index in [0.29, 0.717) is 32.3 Å². The van der Waals surface area contributed by atoms with E-state index in [4.69, 9.17) is 4.74 Å². The smallest absolute Gasteiger partial charge is 0.282 e. The van der Waals surface area contributed by atoms with Gasteiger partial charge in [0.05, 0.1) is 6.10 Å². The summed E-state index contributed by atoms with van der Waals surface area (Å²) in [5, 5.41) is 0. The Balaban J connectivity index is 1.82. The third kappa shape index (κ3) is 4.39. The van der Waals surface area contributed by atoms with Crippen LogP contribution >= 0.6 is 0 Å². The van der Waals surface area contributed by atoms with E-state index in [1.165, 1.54) is 17.1 Å². The van der Waals surface area contributed by atoms with Gasteiger partial charge < -0.3 is 4.74 Å². The van der Waals surface area contributed by atoms with Crippen LogP contribution in [-0.2, 0) is 14.9 Å². The summed E-state index contributed by atoms with van der Waals surface area (Å²) < 4.78 is 33.8. The highest BCUT2D eigenvalue weighted by Crippen LogP contribution is 2.16. The number of rotatable bonds is 6. The van der Waals surface area contributed by atoms with Crippen LogP contribution in [0, 0.1) is 0 Å². The summed E-state index contributed by atoms with van der Waals surface area (Å²) in [5.41, 5.74) is 0. The fourth-order valence-electron chi connectivity index (χ4n) is 3.10. The Morgan fingerprint density at radius 1 is 1.10 bits per heavy atom. The highest BCUT2D eigenvalue weighted by molar-refractivity contribution is 7.86. The maximum absolute atomic E-state index is 12.5. The molecule has 124 valence electrons. The minimum Gasteiger partial charge on any atom is -0.377 e. The van der Waals surface area contributed by atoms with Crippen LogP contribution in [0.1, 0.15) is 33.1 Å². The standard InChI is InChI=1S/C14H29N3O3S/c1-3-16(4-2)21(18,19)17-10-8-15(9-11-17)13-14-7-5-6-12-20-14/h14H,3-13H2,1-2H3/t14-/m0/s1. The average Bonchev–Trinajstić information content (AvgIpc) is 2.50. The van der Waals surface area contributed by atoms with Gasteiger partial charge in [0.25, 0.3) is 10.2 Å². The highest BCUT2D eigenvalue weighted by atomic mass is 32.2. The predicted octanol–water partition coefficient (Wildman–Crippen LogP) is 0.760. The van der Waals surface area contributed by atoms with Crippen molar-refractivity contribution in [1.82, 2.24) is 13.5 Å². The van der Waals surface area contributed by atoms with Gasteiger partial charge in [-0.3, -0.25) is 4.90 Å². The first-order valence-electron chi connectivity index (χ1n) is 8.17. The SMILES string of the molecule is CCN(CC)S(=O)(=O)N1CCN(C[C@@H]2CCCCO2)CC1. The third-order valence-electron chi connectivity index (χ3n) is 4.43. The van der Waals surface area contributed by atoms with Crippen molar-refractivity contribution >= 4 is 10.2 Å². The summed E-state index contributed by atoms with van der Waals surface area (Å²) in [6, 6.07) is 0. The van der Waals surface area contributed by atoms with Gasteiger partial charge in [-0.25, -0.2) is 0 Å². The fraction of sp³-hybridized carbons (Fsp3) is 1.00. The molecule has 0 radical (unpaired) electrons. The first kappa shape index (κ1) is 17.1. The fourth-order valence-corrected chi connectivity index (χ4v) is 4.70. The molecule has 2 rings (SSSR count). The number of hydrogen-bond acceptors (Lipinski definition) is 4. The number of nitrogens with zero attached hydrogens (tertiary/aromatic N) is 3. The van der Waals surface area contributed by atoms with Gasteiger partial charge in [-0.05, 0) is 19.3 Å². The van der Waals surface area contributed by atoms with Crippen LogP contribution in [0.4, 0.5) is 0 Å². The second-order valence-electron chi connectivity index (χ2n) is 5.78. The van der Waals surface area contributed by atoms with Crippen molar-refractivity contribution in [2.75, 3.05) is 52.4 Å². The van der Waals surface area contributed by atoms with Gasteiger partial charge in [-0.15, -0.1) is 0 Å². The van der Waals surface area contributed by atoms with Crippen molar-refractivity contribution in [3.63, 3.8) is 0 Å². The molecule has 0 amide bonds. The molecule has 1 atom stereocenters. The first-order valence-corrected chi connectivity index (χ1v) is 9.56. The van der Waals surface area contributed by atoms with E-state index in [-0.39, 0.29) is 0 Å². The van der Waals surface area contributed by atoms with Crippen molar-refractivity contribution in [2.45, 2.75) is 39.2 Å². The van der Waals surface area contributed by atoms with E-state index in [1.54, 1.807) is 4.31 Å². The van der Waals surface area contributed by atoms with Gasteiger partial charge in [0, 0.05) is 52.4 Å². The van der Waals surface area contributed by atoms with Gasteiger partial charge in [-0.2, -0.15) is 17.0 Å². The van der Waals surface area contributed by atoms with Gasteiger partial charge in [0.1, 0.15) is 0 Å². The summed E-state index contributed by atoms with van der Waals surface area (Å²) in [4.78, 5) is 2.34. The largest absolute Gasteiger partial charge is 0.377 e. The third-order valence-corrected chi connectivity index (χ3v) is 6.61. The lowest BCUT2D eigenvalue weighted by atomic mass is 10.1. The van der Waals surface area contributed by atoms with Crippen LogP contribution in [0.5, 0.6) is 0 Å². The van der Waals surface area contributed by atoms with Crippen molar-refractivity contribution in [3.05, 3.63) is 0 Å². The lowest BCUT2D eigenvalue weighted by molar-refractivity contribution is -0.0104. The molecule has 0 aromatic carbocycles. The molecular formula is C14H29N3O3S. The molecule has 0 aliphatic carbocycles. The average molecular weight is 319 g/mol. The minimum atomic E-state index is -3.27. The Labute approximate surface area is 129 Å². The zero-order chi connectivity index (χ0) is 15.3. The molecule has 2 aliphatic rings. The molecule has 0 saturated carbocycles. The maximum Gasteiger partial charge on any atom is 0.282 e. The maximum atomic E-state index is 12.5. The zero-order valence-corrected chi connectivity index (χ0v) is 14.1. The van der Waals surface area contributed by atoms with Gasteiger partial charge >= 0.3 is 0 Å². The van der Waals surface area contributed by atoms with E-state index in [9.17, 15) is 8.42 Å². The molecule has 0 spiro atoms. The van der Waals surface area contributed by atoms with Crippen molar-refractivity contribution in [3.8, 4) is 0 Å². The number of ether oxygens (including phenoxy) is 1. The summed E-state index contributed by atoms with van der Waals surface area (Å²) in [6.07, 6.45) is 3.90. The summed E-state index contributed by atoms with van der Waals surface area (Å²) >= 11 is 0. The van der Waals surface area contributed by atoms with Gasteiger partial charge in [-0.1, -0.05) is 13.8 Å². The van der Waals surface area contributed by atoms with E-state index in [2.05, 4.69) is 4.90 Å². The Kier molecular flexibility index (Phi) is 6.43. The van der Waals surface area contributed by atoms with Crippen molar-refractivity contribution < 1.29 is 13.2 Å². The van der Waals surface area contributed by atoms with E-state index < -0.39 is 10.2 Å². The topological polar surface area (TPSA) is 53.1 Å². The van der Waals surface area contributed by atoms with Crippen LogP contribution in [0.2, 0.25) is 0 Å². The molecule has 2 fully saturated rings. The van der Waals surface area contributed by atoms with Crippen molar-refractivity contribution in [1.29, 1.82) is 0 Å². The summed E-state index contributed by atoms with van der Waals surface area (Å²) in [6.45, 7) is 9.46. The van der Waals surface area contributed by atoms with E-state index >= 15 is 0 Å². The molecule has 0 aromatic heterocycles. The predicted molar refractivity (Wildman–Crippen MR) is 83.4 cm³/mol.